The molecule has 0 saturated heterocycles. The minimum absolute atomic E-state index is 0.0229. The van der Waals surface area contributed by atoms with Gasteiger partial charge in [0.15, 0.2) is 0 Å². The Morgan fingerprint density at radius 1 is 1.26 bits per heavy atom. The molecular weight excluding hydrogens is 335 g/mol. The quantitative estimate of drug-likeness (QED) is 0.807. The van der Waals surface area contributed by atoms with Gasteiger partial charge in [-0.25, -0.2) is 4.39 Å². The van der Waals surface area contributed by atoms with E-state index < -0.39 is 11.7 Å². The number of rotatable bonds is 2. The van der Waals surface area contributed by atoms with E-state index in [1.807, 2.05) is 0 Å². The molecule has 3 N–H and O–H groups in total. The molecule has 19 heavy (non-hydrogen) atoms. The van der Waals surface area contributed by atoms with Crippen LogP contribution in [-0.2, 0) is 0 Å². The van der Waals surface area contributed by atoms with E-state index in [0.29, 0.717) is 15.8 Å². The van der Waals surface area contributed by atoms with Crippen molar-refractivity contribution in [2.45, 2.75) is 0 Å². The SMILES string of the molecule is Nc1ccc(NC(=O)c2ccc(Cl)c(F)c2)c(Br)c1. The first-order valence-corrected chi connectivity index (χ1v) is 6.46. The Bertz CT molecular complexity index is 649. The third-order valence-electron chi connectivity index (χ3n) is 2.42. The number of halogens is 3. The smallest absolute Gasteiger partial charge is 0.255 e. The number of amides is 1. The van der Waals surface area contributed by atoms with Crippen LogP contribution in [-0.4, -0.2) is 5.91 Å². The van der Waals surface area contributed by atoms with Gasteiger partial charge in [-0.2, -0.15) is 0 Å². The van der Waals surface area contributed by atoms with Gasteiger partial charge in [0.1, 0.15) is 5.82 Å². The fourth-order valence-corrected chi connectivity index (χ4v) is 2.08. The highest BCUT2D eigenvalue weighted by Gasteiger charge is 2.10. The zero-order valence-corrected chi connectivity index (χ0v) is 11.9. The van der Waals surface area contributed by atoms with Crippen molar-refractivity contribution in [2.75, 3.05) is 11.1 Å². The van der Waals surface area contributed by atoms with Gasteiger partial charge in [0.2, 0.25) is 0 Å². The summed E-state index contributed by atoms with van der Waals surface area (Å²) in [6.45, 7) is 0. The van der Waals surface area contributed by atoms with Crippen LogP contribution in [0.4, 0.5) is 15.8 Å². The molecule has 98 valence electrons. The van der Waals surface area contributed by atoms with E-state index in [1.165, 1.54) is 12.1 Å². The summed E-state index contributed by atoms with van der Waals surface area (Å²) >= 11 is 8.84. The third kappa shape index (κ3) is 3.24. The summed E-state index contributed by atoms with van der Waals surface area (Å²) < 4.78 is 13.9. The summed E-state index contributed by atoms with van der Waals surface area (Å²) in [6, 6.07) is 8.85. The molecule has 2 aromatic carbocycles. The van der Waals surface area contributed by atoms with E-state index in [-0.39, 0.29) is 10.6 Å². The highest BCUT2D eigenvalue weighted by Crippen LogP contribution is 2.25. The van der Waals surface area contributed by atoms with Crippen LogP contribution in [0.2, 0.25) is 5.02 Å². The zero-order chi connectivity index (χ0) is 14.0. The Morgan fingerprint density at radius 2 is 2.00 bits per heavy atom. The van der Waals surface area contributed by atoms with Crippen LogP contribution in [0.3, 0.4) is 0 Å². The molecule has 0 aromatic heterocycles. The number of anilines is 2. The van der Waals surface area contributed by atoms with Crippen LogP contribution in [0.5, 0.6) is 0 Å². The van der Waals surface area contributed by atoms with E-state index in [2.05, 4.69) is 21.2 Å². The zero-order valence-electron chi connectivity index (χ0n) is 9.58. The predicted octanol–water partition coefficient (Wildman–Crippen LogP) is 4.08. The molecule has 0 saturated carbocycles. The molecule has 1 amide bonds. The summed E-state index contributed by atoms with van der Waals surface area (Å²) in [7, 11) is 0. The van der Waals surface area contributed by atoms with Crippen molar-refractivity contribution in [3.05, 3.63) is 57.3 Å². The maximum atomic E-state index is 13.3. The first-order valence-electron chi connectivity index (χ1n) is 5.29. The Labute approximate surface area is 122 Å². The Kier molecular flexibility index (Phi) is 4.07. The molecule has 0 aliphatic carbocycles. The molecule has 0 aliphatic rings. The van der Waals surface area contributed by atoms with Gasteiger partial charge in [-0.15, -0.1) is 0 Å². The standard InChI is InChI=1S/C13H9BrClFN2O/c14-9-6-8(17)2-4-12(9)18-13(19)7-1-3-10(15)11(16)5-7/h1-6H,17H2,(H,18,19). The molecule has 0 unspecified atom stereocenters. The first-order chi connectivity index (χ1) is 8.97. The van der Waals surface area contributed by atoms with Gasteiger partial charge in [0, 0.05) is 15.7 Å². The highest BCUT2D eigenvalue weighted by molar-refractivity contribution is 9.10. The highest BCUT2D eigenvalue weighted by atomic mass is 79.9. The maximum absolute atomic E-state index is 13.3. The van der Waals surface area contributed by atoms with Crippen LogP contribution in [0, 0.1) is 5.82 Å². The van der Waals surface area contributed by atoms with Crippen LogP contribution in [0.25, 0.3) is 0 Å². The van der Waals surface area contributed by atoms with Crippen LogP contribution >= 0.6 is 27.5 Å². The number of hydrogen-bond donors (Lipinski definition) is 2. The second kappa shape index (κ2) is 5.59. The molecule has 0 spiro atoms. The van der Waals surface area contributed by atoms with E-state index in [0.717, 1.165) is 6.07 Å². The number of hydrogen-bond acceptors (Lipinski definition) is 2. The van der Waals surface area contributed by atoms with Crippen molar-refractivity contribution < 1.29 is 9.18 Å². The maximum Gasteiger partial charge on any atom is 0.255 e. The minimum Gasteiger partial charge on any atom is -0.399 e. The van der Waals surface area contributed by atoms with Crippen molar-refractivity contribution in [3.8, 4) is 0 Å². The summed E-state index contributed by atoms with van der Waals surface area (Å²) in [5, 5.41) is 2.63. The molecule has 2 rings (SSSR count). The summed E-state index contributed by atoms with van der Waals surface area (Å²) in [5.74, 6) is -1.06. The van der Waals surface area contributed by atoms with Crippen molar-refractivity contribution in [1.82, 2.24) is 0 Å². The van der Waals surface area contributed by atoms with Crippen LogP contribution < -0.4 is 11.1 Å². The van der Waals surface area contributed by atoms with Gasteiger partial charge in [-0.1, -0.05) is 11.6 Å². The molecule has 0 radical (unpaired) electrons. The number of carbonyl (C=O) groups is 1. The van der Waals surface area contributed by atoms with E-state index in [1.54, 1.807) is 18.2 Å². The number of nitrogens with one attached hydrogen (secondary N) is 1. The Morgan fingerprint density at radius 3 is 2.63 bits per heavy atom. The van der Waals surface area contributed by atoms with Crippen molar-refractivity contribution >= 4 is 44.8 Å². The molecule has 0 aliphatic heterocycles. The fraction of sp³-hybridized carbons (Fsp3) is 0. The second-order valence-corrected chi connectivity index (χ2v) is 5.08. The molecule has 0 bridgehead atoms. The van der Waals surface area contributed by atoms with Gasteiger partial charge in [-0.3, -0.25) is 4.79 Å². The lowest BCUT2D eigenvalue weighted by molar-refractivity contribution is 0.102. The average Bonchev–Trinajstić information content (AvgIpc) is 2.36. The van der Waals surface area contributed by atoms with E-state index >= 15 is 0 Å². The average molecular weight is 344 g/mol. The number of carbonyl (C=O) groups excluding carboxylic acids is 1. The monoisotopic (exact) mass is 342 g/mol. The Hall–Kier alpha value is -1.59. The fourth-order valence-electron chi connectivity index (χ4n) is 1.46. The molecule has 0 fully saturated rings. The van der Waals surface area contributed by atoms with Gasteiger partial charge < -0.3 is 11.1 Å². The van der Waals surface area contributed by atoms with Gasteiger partial charge >= 0.3 is 0 Å². The van der Waals surface area contributed by atoms with Crippen LogP contribution in [0.15, 0.2) is 40.9 Å². The largest absolute Gasteiger partial charge is 0.399 e. The molecule has 0 atom stereocenters. The second-order valence-electron chi connectivity index (χ2n) is 3.82. The molecule has 6 heteroatoms. The van der Waals surface area contributed by atoms with Crippen molar-refractivity contribution in [2.24, 2.45) is 0 Å². The predicted molar refractivity (Wildman–Crippen MR) is 77.9 cm³/mol. The van der Waals surface area contributed by atoms with Gasteiger partial charge in [0.25, 0.3) is 5.91 Å². The number of nitrogen functional groups attached to an aromatic ring is 1. The molecule has 2 aromatic rings. The third-order valence-corrected chi connectivity index (χ3v) is 3.39. The molecule has 3 nitrogen and oxygen atoms in total. The van der Waals surface area contributed by atoms with Gasteiger partial charge in [0.05, 0.1) is 10.7 Å². The van der Waals surface area contributed by atoms with Crippen LogP contribution in [0.1, 0.15) is 10.4 Å². The summed E-state index contributed by atoms with van der Waals surface area (Å²) in [6.07, 6.45) is 0. The lowest BCUT2D eigenvalue weighted by Gasteiger charge is -2.08. The van der Waals surface area contributed by atoms with Gasteiger partial charge in [-0.05, 0) is 52.3 Å². The normalized spacial score (nSPS) is 10.3. The topological polar surface area (TPSA) is 55.1 Å². The molecule has 0 heterocycles. The summed E-state index contributed by atoms with van der Waals surface area (Å²) in [4.78, 5) is 11.9. The molecular formula is C13H9BrClFN2O. The lowest BCUT2D eigenvalue weighted by Crippen LogP contribution is -2.12. The van der Waals surface area contributed by atoms with Crippen molar-refractivity contribution in [3.63, 3.8) is 0 Å². The van der Waals surface area contributed by atoms with E-state index in [4.69, 9.17) is 17.3 Å². The van der Waals surface area contributed by atoms with E-state index in [9.17, 15) is 9.18 Å². The Balaban J connectivity index is 2.23. The lowest BCUT2D eigenvalue weighted by atomic mass is 10.2. The number of benzene rings is 2. The number of nitrogens with two attached hydrogens (primary N) is 1. The summed E-state index contributed by atoms with van der Waals surface area (Å²) in [5.41, 5.74) is 6.91. The van der Waals surface area contributed by atoms with Crippen molar-refractivity contribution in [1.29, 1.82) is 0 Å². The minimum atomic E-state index is -0.634. The first kappa shape index (κ1) is 13.8.